The number of hydrogen-bond acceptors (Lipinski definition) is 3. The summed E-state index contributed by atoms with van der Waals surface area (Å²) in [5, 5.41) is 4.26. The summed E-state index contributed by atoms with van der Waals surface area (Å²) in [5.74, 6) is -1.34. The zero-order chi connectivity index (χ0) is 14.1. The van der Waals surface area contributed by atoms with Gasteiger partial charge in [-0.25, -0.2) is 13.5 Å². The van der Waals surface area contributed by atoms with Crippen molar-refractivity contribution in [3.63, 3.8) is 0 Å². The molecule has 0 aliphatic heterocycles. The van der Waals surface area contributed by atoms with Crippen LogP contribution < -0.4 is 5.73 Å². The normalized spacial score (nSPS) is 10.7. The highest BCUT2D eigenvalue weighted by Crippen LogP contribution is 2.26. The van der Waals surface area contributed by atoms with E-state index in [4.69, 9.17) is 5.73 Å². The monoisotopic (exact) mass is 272 g/mol. The zero-order valence-corrected chi connectivity index (χ0v) is 10.3. The second kappa shape index (κ2) is 4.73. The SMILES string of the molecule is Nc1cn(-c2ccncc2)nc1-c1cc(F)cc(F)c1. The molecular formula is C14H10F2N4. The van der Waals surface area contributed by atoms with Gasteiger partial charge in [0.25, 0.3) is 0 Å². The summed E-state index contributed by atoms with van der Waals surface area (Å²) in [6.07, 6.45) is 4.83. The minimum absolute atomic E-state index is 0.299. The molecule has 0 aliphatic carbocycles. The summed E-state index contributed by atoms with van der Waals surface area (Å²) >= 11 is 0. The van der Waals surface area contributed by atoms with Crippen molar-refractivity contribution < 1.29 is 8.78 Å². The third-order valence-corrected chi connectivity index (χ3v) is 2.81. The van der Waals surface area contributed by atoms with Gasteiger partial charge in [-0.3, -0.25) is 4.98 Å². The molecule has 0 radical (unpaired) electrons. The van der Waals surface area contributed by atoms with Gasteiger partial charge in [-0.2, -0.15) is 5.10 Å². The zero-order valence-electron chi connectivity index (χ0n) is 10.3. The minimum atomic E-state index is -0.669. The fourth-order valence-corrected chi connectivity index (χ4v) is 1.93. The number of nitrogen functional groups attached to an aromatic ring is 1. The Hall–Kier alpha value is -2.76. The number of benzene rings is 1. The smallest absolute Gasteiger partial charge is 0.126 e. The maximum absolute atomic E-state index is 13.3. The van der Waals surface area contributed by atoms with E-state index in [-0.39, 0.29) is 0 Å². The van der Waals surface area contributed by atoms with Gasteiger partial charge >= 0.3 is 0 Å². The minimum Gasteiger partial charge on any atom is -0.396 e. The molecule has 0 aliphatic rings. The molecule has 2 N–H and O–H groups in total. The van der Waals surface area contributed by atoms with Crippen molar-refractivity contribution in [2.24, 2.45) is 0 Å². The Morgan fingerprint density at radius 2 is 1.65 bits per heavy atom. The van der Waals surface area contributed by atoms with Crippen molar-refractivity contribution in [3.8, 4) is 16.9 Å². The number of halogens is 2. The van der Waals surface area contributed by atoms with Crippen LogP contribution in [0.15, 0.2) is 48.9 Å². The average molecular weight is 272 g/mol. The second-order valence-electron chi connectivity index (χ2n) is 4.24. The van der Waals surface area contributed by atoms with E-state index in [0.717, 1.165) is 11.8 Å². The summed E-state index contributed by atoms with van der Waals surface area (Å²) in [4.78, 5) is 3.91. The molecule has 3 rings (SSSR count). The molecule has 3 aromatic rings. The lowest BCUT2D eigenvalue weighted by molar-refractivity contribution is 0.584. The van der Waals surface area contributed by atoms with Gasteiger partial charge in [0.15, 0.2) is 0 Å². The predicted octanol–water partition coefficient (Wildman–Crippen LogP) is 2.79. The van der Waals surface area contributed by atoms with E-state index in [1.54, 1.807) is 30.7 Å². The lowest BCUT2D eigenvalue weighted by Crippen LogP contribution is -1.95. The Labute approximate surface area is 113 Å². The maximum Gasteiger partial charge on any atom is 0.126 e. The molecule has 2 aromatic heterocycles. The Morgan fingerprint density at radius 3 is 2.30 bits per heavy atom. The molecule has 1 aromatic carbocycles. The molecule has 0 atom stereocenters. The van der Waals surface area contributed by atoms with E-state index in [1.165, 1.54) is 16.8 Å². The topological polar surface area (TPSA) is 56.7 Å². The fraction of sp³-hybridized carbons (Fsp3) is 0. The van der Waals surface area contributed by atoms with Crippen molar-refractivity contribution in [2.75, 3.05) is 5.73 Å². The standard InChI is InChI=1S/C14H10F2N4/c15-10-5-9(6-11(16)7-10)14-13(17)8-20(19-14)12-1-3-18-4-2-12/h1-8H,17H2. The first-order valence-corrected chi connectivity index (χ1v) is 5.85. The van der Waals surface area contributed by atoms with E-state index < -0.39 is 11.6 Å². The summed E-state index contributed by atoms with van der Waals surface area (Å²) < 4.78 is 28.0. The molecule has 6 heteroatoms. The van der Waals surface area contributed by atoms with Crippen LogP contribution in [0.2, 0.25) is 0 Å². The Bertz CT molecular complexity index is 733. The maximum atomic E-state index is 13.3. The van der Waals surface area contributed by atoms with Crippen LogP contribution in [0.1, 0.15) is 0 Å². The fourth-order valence-electron chi connectivity index (χ4n) is 1.93. The summed E-state index contributed by atoms with van der Waals surface area (Å²) in [6.45, 7) is 0. The van der Waals surface area contributed by atoms with Crippen LogP contribution in [-0.4, -0.2) is 14.8 Å². The largest absolute Gasteiger partial charge is 0.396 e. The van der Waals surface area contributed by atoms with Crippen LogP contribution in [0.4, 0.5) is 14.5 Å². The Morgan fingerprint density at radius 1 is 1.00 bits per heavy atom. The molecule has 0 saturated carbocycles. The van der Waals surface area contributed by atoms with Crippen molar-refractivity contribution in [1.29, 1.82) is 0 Å². The third kappa shape index (κ3) is 2.23. The van der Waals surface area contributed by atoms with Crippen LogP contribution >= 0.6 is 0 Å². The van der Waals surface area contributed by atoms with E-state index in [9.17, 15) is 8.78 Å². The van der Waals surface area contributed by atoms with E-state index in [0.29, 0.717) is 16.9 Å². The highest BCUT2D eigenvalue weighted by molar-refractivity contribution is 5.72. The summed E-state index contributed by atoms with van der Waals surface area (Å²) in [7, 11) is 0. The molecular weight excluding hydrogens is 262 g/mol. The predicted molar refractivity (Wildman–Crippen MR) is 71.1 cm³/mol. The highest BCUT2D eigenvalue weighted by Gasteiger charge is 2.12. The molecule has 100 valence electrons. The lowest BCUT2D eigenvalue weighted by Gasteiger charge is -2.00. The van der Waals surface area contributed by atoms with Gasteiger partial charge in [-0.15, -0.1) is 0 Å². The summed E-state index contributed by atoms with van der Waals surface area (Å²) in [5.41, 5.74) is 7.60. The van der Waals surface area contributed by atoms with Gasteiger partial charge < -0.3 is 5.73 Å². The van der Waals surface area contributed by atoms with Gasteiger partial charge in [0.2, 0.25) is 0 Å². The van der Waals surface area contributed by atoms with Crippen LogP contribution in [-0.2, 0) is 0 Å². The number of pyridine rings is 1. The van der Waals surface area contributed by atoms with Gasteiger partial charge in [0.1, 0.15) is 17.3 Å². The Balaban J connectivity index is 2.09. The van der Waals surface area contributed by atoms with Gasteiger partial charge in [0, 0.05) is 24.0 Å². The van der Waals surface area contributed by atoms with Gasteiger partial charge in [-0.05, 0) is 24.3 Å². The molecule has 0 bridgehead atoms. The number of aromatic nitrogens is 3. The average Bonchev–Trinajstić information content (AvgIpc) is 2.81. The highest BCUT2D eigenvalue weighted by atomic mass is 19.1. The Kier molecular flexibility index (Phi) is 2.90. The molecule has 0 unspecified atom stereocenters. The molecule has 4 nitrogen and oxygen atoms in total. The molecule has 20 heavy (non-hydrogen) atoms. The number of nitrogens with two attached hydrogens (primary N) is 1. The summed E-state index contributed by atoms with van der Waals surface area (Å²) in [6, 6.07) is 6.70. The van der Waals surface area contributed by atoms with Crippen molar-refractivity contribution >= 4 is 5.69 Å². The van der Waals surface area contributed by atoms with E-state index in [2.05, 4.69) is 10.1 Å². The van der Waals surface area contributed by atoms with Crippen LogP contribution in [0, 0.1) is 11.6 Å². The molecule has 0 amide bonds. The first-order chi connectivity index (χ1) is 9.63. The van der Waals surface area contributed by atoms with Crippen molar-refractivity contribution in [2.45, 2.75) is 0 Å². The van der Waals surface area contributed by atoms with Crippen LogP contribution in [0.5, 0.6) is 0 Å². The number of anilines is 1. The number of hydrogen-bond donors (Lipinski definition) is 1. The van der Waals surface area contributed by atoms with Crippen LogP contribution in [0.3, 0.4) is 0 Å². The molecule has 0 saturated heterocycles. The number of rotatable bonds is 2. The molecule has 0 spiro atoms. The van der Waals surface area contributed by atoms with Gasteiger partial charge in [0.05, 0.1) is 17.6 Å². The van der Waals surface area contributed by atoms with E-state index >= 15 is 0 Å². The van der Waals surface area contributed by atoms with Crippen molar-refractivity contribution in [3.05, 3.63) is 60.6 Å². The lowest BCUT2D eigenvalue weighted by atomic mass is 10.1. The molecule has 0 fully saturated rings. The van der Waals surface area contributed by atoms with Crippen LogP contribution in [0.25, 0.3) is 16.9 Å². The third-order valence-electron chi connectivity index (χ3n) is 2.81. The quantitative estimate of drug-likeness (QED) is 0.780. The van der Waals surface area contributed by atoms with E-state index in [1.807, 2.05) is 0 Å². The molecule has 2 heterocycles. The van der Waals surface area contributed by atoms with Crippen molar-refractivity contribution in [1.82, 2.24) is 14.8 Å². The first-order valence-electron chi connectivity index (χ1n) is 5.85. The second-order valence-corrected chi connectivity index (χ2v) is 4.24. The van der Waals surface area contributed by atoms with Gasteiger partial charge in [-0.1, -0.05) is 0 Å². The number of nitrogens with zero attached hydrogens (tertiary/aromatic N) is 3. The first kappa shape index (κ1) is 12.3.